The maximum Gasteiger partial charge on any atom is 0.325 e. The SMILES string of the molecule is Cc1cc(C)cc(CNC(C(=O)O)c2ccccc2)c1. The van der Waals surface area contributed by atoms with E-state index in [9.17, 15) is 9.90 Å². The molecule has 0 aliphatic heterocycles. The Morgan fingerprint density at radius 1 is 1.10 bits per heavy atom. The van der Waals surface area contributed by atoms with Crippen molar-refractivity contribution in [3.05, 3.63) is 70.8 Å². The highest BCUT2D eigenvalue weighted by molar-refractivity contribution is 5.75. The Balaban J connectivity index is 2.12. The van der Waals surface area contributed by atoms with E-state index < -0.39 is 12.0 Å². The van der Waals surface area contributed by atoms with Crippen molar-refractivity contribution >= 4 is 5.97 Å². The zero-order valence-electron chi connectivity index (χ0n) is 11.8. The number of rotatable bonds is 5. The lowest BCUT2D eigenvalue weighted by atomic mass is 10.0. The fraction of sp³-hybridized carbons (Fsp3) is 0.235. The largest absolute Gasteiger partial charge is 0.480 e. The molecule has 0 amide bonds. The average molecular weight is 269 g/mol. The summed E-state index contributed by atoms with van der Waals surface area (Å²) < 4.78 is 0. The van der Waals surface area contributed by atoms with Gasteiger partial charge in [-0.2, -0.15) is 0 Å². The average Bonchev–Trinajstić information content (AvgIpc) is 2.38. The molecule has 0 aliphatic rings. The molecule has 0 bridgehead atoms. The highest BCUT2D eigenvalue weighted by atomic mass is 16.4. The number of hydrogen-bond donors (Lipinski definition) is 2. The first-order valence-corrected chi connectivity index (χ1v) is 6.64. The fourth-order valence-electron chi connectivity index (χ4n) is 2.38. The van der Waals surface area contributed by atoms with Crippen molar-refractivity contribution in [1.82, 2.24) is 5.32 Å². The third kappa shape index (κ3) is 3.68. The van der Waals surface area contributed by atoms with Crippen LogP contribution in [0.5, 0.6) is 0 Å². The molecule has 2 aromatic rings. The lowest BCUT2D eigenvalue weighted by Gasteiger charge is -2.15. The normalized spacial score (nSPS) is 12.1. The molecule has 0 aromatic heterocycles. The van der Waals surface area contributed by atoms with Crippen LogP contribution in [-0.2, 0) is 11.3 Å². The van der Waals surface area contributed by atoms with Crippen molar-refractivity contribution in [2.24, 2.45) is 0 Å². The van der Waals surface area contributed by atoms with Crippen molar-refractivity contribution in [2.75, 3.05) is 0 Å². The monoisotopic (exact) mass is 269 g/mol. The second-order valence-electron chi connectivity index (χ2n) is 5.06. The van der Waals surface area contributed by atoms with Crippen molar-refractivity contribution in [3.63, 3.8) is 0 Å². The first-order chi connectivity index (χ1) is 9.56. The van der Waals surface area contributed by atoms with Gasteiger partial charge in [0.2, 0.25) is 0 Å². The third-order valence-corrected chi connectivity index (χ3v) is 3.17. The number of carbonyl (C=O) groups is 1. The Labute approximate surface area is 119 Å². The summed E-state index contributed by atoms with van der Waals surface area (Å²) in [6.07, 6.45) is 0. The topological polar surface area (TPSA) is 49.3 Å². The molecular formula is C17H19NO2. The maximum atomic E-state index is 11.4. The predicted molar refractivity (Wildman–Crippen MR) is 79.6 cm³/mol. The van der Waals surface area contributed by atoms with Crippen LogP contribution in [0.4, 0.5) is 0 Å². The summed E-state index contributed by atoms with van der Waals surface area (Å²) in [6, 6.07) is 14.8. The molecule has 2 N–H and O–H groups in total. The molecule has 0 saturated heterocycles. The summed E-state index contributed by atoms with van der Waals surface area (Å²) >= 11 is 0. The molecule has 104 valence electrons. The predicted octanol–water partition coefficient (Wildman–Crippen LogP) is 3.22. The molecule has 0 aliphatic carbocycles. The van der Waals surface area contributed by atoms with Crippen LogP contribution in [0, 0.1) is 13.8 Å². The van der Waals surface area contributed by atoms with Gasteiger partial charge in [0.05, 0.1) is 0 Å². The van der Waals surface area contributed by atoms with Gasteiger partial charge in [-0.3, -0.25) is 10.1 Å². The minimum Gasteiger partial charge on any atom is -0.480 e. The van der Waals surface area contributed by atoms with Crippen LogP contribution in [0.1, 0.15) is 28.3 Å². The lowest BCUT2D eigenvalue weighted by Crippen LogP contribution is -2.28. The molecule has 0 fully saturated rings. The van der Waals surface area contributed by atoms with Crippen LogP contribution in [-0.4, -0.2) is 11.1 Å². The van der Waals surface area contributed by atoms with Crippen LogP contribution in [0.25, 0.3) is 0 Å². The molecule has 1 atom stereocenters. The summed E-state index contributed by atoms with van der Waals surface area (Å²) in [6.45, 7) is 4.62. The Kier molecular flexibility index (Phi) is 4.53. The van der Waals surface area contributed by atoms with Crippen molar-refractivity contribution < 1.29 is 9.90 Å². The maximum absolute atomic E-state index is 11.4. The van der Waals surface area contributed by atoms with Crippen molar-refractivity contribution in [3.8, 4) is 0 Å². The first kappa shape index (κ1) is 14.3. The van der Waals surface area contributed by atoms with Crippen LogP contribution in [0.2, 0.25) is 0 Å². The fourth-order valence-corrected chi connectivity index (χ4v) is 2.38. The van der Waals surface area contributed by atoms with Gasteiger partial charge in [-0.1, -0.05) is 59.7 Å². The Morgan fingerprint density at radius 2 is 1.70 bits per heavy atom. The van der Waals surface area contributed by atoms with Gasteiger partial charge in [0.15, 0.2) is 0 Å². The van der Waals surface area contributed by atoms with Gasteiger partial charge in [0.1, 0.15) is 6.04 Å². The number of nitrogens with one attached hydrogen (secondary N) is 1. The van der Waals surface area contributed by atoms with Gasteiger partial charge >= 0.3 is 5.97 Å². The molecule has 0 heterocycles. The molecule has 2 rings (SSSR count). The molecule has 1 unspecified atom stereocenters. The van der Waals surface area contributed by atoms with E-state index in [2.05, 4.69) is 23.5 Å². The van der Waals surface area contributed by atoms with E-state index in [4.69, 9.17) is 0 Å². The molecule has 0 radical (unpaired) electrons. The van der Waals surface area contributed by atoms with Gasteiger partial charge in [0, 0.05) is 6.54 Å². The van der Waals surface area contributed by atoms with Crippen molar-refractivity contribution in [2.45, 2.75) is 26.4 Å². The van der Waals surface area contributed by atoms with E-state index in [0.29, 0.717) is 6.54 Å². The van der Waals surface area contributed by atoms with Gasteiger partial charge in [-0.05, 0) is 25.0 Å². The lowest BCUT2D eigenvalue weighted by molar-refractivity contribution is -0.139. The zero-order chi connectivity index (χ0) is 14.5. The van der Waals surface area contributed by atoms with E-state index in [0.717, 1.165) is 11.1 Å². The van der Waals surface area contributed by atoms with Crippen molar-refractivity contribution in [1.29, 1.82) is 0 Å². The summed E-state index contributed by atoms with van der Waals surface area (Å²) in [5.41, 5.74) is 4.25. The van der Waals surface area contributed by atoms with Crippen LogP contribution in [0.3, 0.4) is 0 Å². The van der Waals surface area contributed by atoms with Crippen LogP contribution < -0.4 is 5.32 Å². The second kappa shape index (κ2) is 6.35. The van der Waals surface area contributed by atoms with Gasteiger partial charge in [-0.15, -0.1) is 0 Å². The number of carboxylic acid groups (broad SMARTS) is 1. The smallest absolute Gasteiger partial charge is 0.325 e. The molecule has 20 heavy (non-hydrogen) atoms. The summed E-state index contributed by atoms with van der Waals surface area (Å²) in [7, 11) is 0. The Hall–Kier alpha value is -2.13. The van der Waals surface area contributed by atoms with Gasteiger partial charge < -0.3 is 5.11 Å². The standard InChI is InChI=1S/C17H19NO2/c1-12-8-13(2)10-14(9-12)11-18-16(17(19)20)15-6-4-3-5-7-15/h3-10,16,18H,11H2,1-2H3,(H,19,20). The number of aryl methyl sites for hydroxylation is 2. The van der Waals surface area contributed by atoms with E-state index in [1.165, 1.54) is 11.1 Å². The van der Waals surface area contributed by atoms with Gasteiger partial charge in [-0.25, -0.2) is 0 Å². The number of carboxylic acids is 1. The third-order valence-electron chi connectivity index (χ3n) is 3.17. The number of benzene rings is 2. The number of aliphatic carboxylic acids is 1. The Morgan fingerprint density at radius 3 is 2.25 bits per heavy atom. The quantitative estimate of drug-likeness (QED) is 0.876. The van der Waals surface area contributed by atoms with Crippen LogP contribution >= 0.6 is 0 Å². The van der Waals surface area contributed by atoms with Gasteiger partial charge in [0.25, 0.3) is 0 Å². The van der Waals surface area contributed by atoms with E-state index >= 15 is 0 Å². The molecule has 0 saturated carbocycles. The Bertz CT molecular complexity index is 573. The number of hydrogen-bond acceptors (Lipinski definition) is 2. The molecule has 0 spiro atoms. The summed E-state index contributed by atoms with van der Waals surface area (Å²) in [5.74, 6) is -0.861. The summed E-state index contributed by atoms with van der Waals surface area (Å²) in [5, 5.41) is 12.5. The molecular weight excluding hydrogens is 250 g/mol. The summed E-state index contributed by atoms with van der Waals surface area (Å²) in [4.78, 5) is 11.4. The highest BCUT2D eigenvalue weighted by Crippen LogP contribution is 2.15. The second-order valence-corrected chi connectivity index (χ2v) is 5.06. The minimum atomic E-state index is -0.861. The molecule has 3 heteroatoms. The van der Waals surface area contributed by atoms with Crippen LogP contribution in [0.15, 0.2) is 48.5 Å². The zero-order valence-corrected chi connectivity index (χ0v) is 11.8. The highest BCUT2D eigenvalue weighted by Gasteiger charge is 2.18. The molecule has 3 nitrogen and oxygen atoms in total. The van der Waals surface area contributed by atoms with E-state index in [1.54, 1.807) is 0 Å². The minimum absolute atomic E-state index is 0.536. The molecule has 2 aromatic carbocycles. The first-order valence-electron chi connectivity index (χ1n) is 6.64. The van der Waals surface area contributed by atoms with E-state index in [1.807, 2.05) is 44.2 Å². The van der Waals surface area contributed by atoms with E-state index in [-0.39, 0.29) is 0 Å².